The summed E-state index contributed by atoms with van der Waals surface area (Å²) in [4.78, 5) is 21.5. The molecule has 5 rings (SSSR count). The maximum atomic E-state index is 13.0. The zero-order chi connectivity index (χ0) is 27.6. The quantitative estimate of drug-likeness (QED) is 0.210. The predicted molar refractivity (Wildman–Crippen MR) is 152 cm³/mol. The van der Waals surface area contributed by atoms with E-state index in [1.54, 1.807) is 41.2 Å². The van der Waals surface area contributed by atoms with Gasteiger partial charge in [0.05, 0.1) is 11.4 Å². The first-order valence-corrected chi connectivity index (χ1v) is 12.7. The zero-order valence-electron chi connectivity index (χ0n) is 22.5. The fourth-order valence-electron chi connectivity index (χ4n) is 3.88. The number of benzene rings is 2. The Morgan fingerprint density at radius 2 is 1.74 bits per heavy atom. The van der Waals surface area contributed by atoms with Crippen LogP contribution in [0, 0.1) is 0 Å². The van der Waals surface area contributed by atoms with Crippen molar-refractivity contribution in [3.63, 3.8) is 0 Å². The summed E-state index contributed by atoms with van der Waals surface area (Å²) in [5, 5.41) is 13.8. The summed E-state index contributed by atoms with van der Waals surface area (Å²) >= 11 is 0. The van der Waals surface area contributed by atoms with Crippen LogP contribution in [-0.2, 0) is 5.41 Å². The largest absolute Gasteiger partial charge is 0.457 e. The third-order valence-corrected chi connectivity index (χ3v) is 5.79. The molecule has 2 amide bonds. The molecule has 0 saturated heterocycles. The number of urea groups is 1. The van der Waals surface area contributed by atoms with Gasteiger partial charge in [0.25, 0.3) is 0 Å². The predicted octanol–water partition coefficient (Wildman–Crippen LogP) is 6.96. The molecule has 0 aliphatic heterocycles. The highest BCUT2D eigenvalue weighted by atomic mass is 16.5. The van der Waals surface area contributed by atoms with E-state index >= 15 is 0 Å². The molecule has 0 aliphatic carbocycles. The number of anilines is 3. The minimum Gasteiger partial charge on any atom is -0.457 e. The van der Waals surface area contributed by atoms with E-state index in [1.807, 2.05) is 44.2 Å². The third kappa shape index (κ3) is 6.18. The normalized spacial score (nSPS) is 11.5. The smallest absolute Gasteiger partial charge is 0.324 e. The standard InChI is InChI=1S/C29H31N7O3/c1-18(2)32-26-15-22(12-13-30-26)39-21-9-6-19(7-10-21)33-28(37)34-27-16-25(29(3,4)5)35-36(27)20-8-11-24-23(14-20)31-17-38-24/h6-18H,1-5H3,(H,30,32)(H2,33,34,37). The Balaban J connectivity index is 1.29. The van der Waals surface area contributed by atoms with Crippen molar-refractivity contribution >= 4 is 34.5 Å². The minimum atomic E-state index is -0.397. The molecule has 3 heterocycles. The maximum Gasteiger partial charge on any atom is 0.324 e. The topological polar surface area (TPSA) is 119 Å². The van der Waals surface area contributed by atoms with Gasteiger partial charge in [-0.25, -0.2) is 19.4 Å². The summed E-state index contributed by atoms with van der Waals surface area (Å²) in [6.45, 7) is 10.3. The molecular weight excluding hydrogens is 494 g/mol. The summed E-state index contributed by atoms with van der Waals surface area (Å²) in [7, 11) is 0. The number of ether oxygens (including phenoxy) is 1. The maximum absolute atomic E-state index is 13.0. The molecule has 0 bridgehead atoms. The lowest BCUT2D eigenvalue weighted by Crippen LogP contribution is -2.21. The molecule has 0 unspecified atom stereocenters. The molecule has 3 N–H and O–H groups in total. The van der Waals surface area contributed by atoms with Gasteiger partial charge in [0.15, 0.2) is 12.0 Å². The molecule has 10 heteroatoms. The average Bonchev–Trinajstić information content (AvgIpc) is 3.51. The van der Waals surface area contributed by atoms with Gasteiger partial charge in [-0.15, -0.1) is 0 Å². The van der Waals surface area contributed by atoms with Crippen LogP contribution in [0.3, 0.4) is 0 Å². The molecular formula is C29H31N7O3. The lowest BCUT2D eigenvalue weighted by molar-refractivity contribution is 0.262. The first-order valence-electron chi connectivity index (χ1n) is 12.7. The summed E-state index contributed by atoms with van der Waals surface area (Å²) in [6, 6.07) is 18.1. The SMILES string of the molecule is CC(C)Nc1cc(Oc2ccc(NC(=O)Nc3cc(C(C)(C)C)nn3-c3ccc4ocnc4c3)cc2)ccn1. The number of hydrogen-bond acceptors (Lipinski definition) is 7. The van der Waals surface area contributed by atoms with Crippen molar-refractivity contribution in [3.8, 4) is 17.2 Å². The molecule has 5 aromatic rings. The number of aromatic nitrogens is 4. The van der Waals surface area contributed by atoms with Gasteiger partial charge in [-0.1, -0.05) is 20.8 Å². The third-order valence-electron chi connectivity index (χ3n) is 5.79. The van der Waals surface area contributed by atoms with Crippen LogP contribution in [0.15, 0.2) is 77.7 Å². The summed E-state index contributed by atoms with van der Waals surface area (Å²) < 4.78 is 13.0. The Morgan fingerprint density at radius 3 is 2.49 bits per heavy atom. The highest BCUT2D eigenvalue weighted by Crippen LogP contribution is 2.28. The van der Waals surface area contributed by atoms with Crippen LogP contribution in [0.4, 0.5) is 22.1 Å². The number of nitrogens with zero attached hydrogens (tertiary/aromatic N) is 4. The molecule has 200 valence electrons. The van der Waals surface area contributed by atoms with E-state index in [0.29, 0.717) is 34.1 Å². The molecule has 39 heavy (non-hydrogen) atoms. The van der Waals surface area contributed by atoms with Gasteiger partial charge in [0.1, 0.15) is 28.7 Å². The van der Waals surface area contributed by atoms with Crippen molar-refractivity contribution in [1.29, 1.82) is 0 Å². The van der Waals surface area contributed by atoms with Crippen LogP contribution in [0.25, 0.3) is 16.8 Å². The molecule has 0 aliphatic rings. The van der Waals surface area contributed by atoms with Gasteiger partial charge in [0, 0.05) is 35.5 Å². The van der Waals surface area contributed by atoms with E-state index in [1.165, 1.54) is 6.39 Å². The second-order valence-electron chi connectivity index (χ2n) is 10.5. The van der Waals surface area contributed by atoms with E-state index in [2.05, 4.69) is 46.7 Å². The Bertz CT molecular complexity index is 1600. The molecule has 0 saturated carbocycles. The van der Waals surface area contributed by atoms with Crippen molar-refractivity contribution in [2.24, 2.45) is 0 Å². The zero-order valence-corrected chi connectivity index (χ0v) is 22.5. The first-order chi connectivity index (χ1) is 18.6. The van der Waals surface area contributed by atoms with E-state index < -0.39 is 6.03 Å². The van der Waals surface area contributed by atoms with Crippen molar-refractivity contribution in [3.05, 3.63) is 78.9 Å². The number of nitrogens with one attached hydrogen (secondary N) is 3. The van der Waals surface area contributed by atoms with Crippen molar-refractivity contribution < 1.29 is 13.9 Å². The molecule has 0 fully saturated rings. The van der Waals surface area contributed by atoms with Gasteiger partial charge in [-0.05, 0) is 62.4 Å². The van der Waals surface area contributed by atoms with E-state index in [9.17, 15) is 4.79 Å². The number of rotatable bonds is 7. The molecule has 2 aromatic carbocycles. The highest BCUT2D eigenvalue weighted by Gasteiger charge is 2.22. The lowest BCUT2D eigenvalue weighted by atomic mass is 9.92. The monoisotopic (exact) mass is 525 g/mol. The van der Waals surface area contributed by atoms with Crippen LogP contribution in [0.5, 0.6) is 11.5 Å². The van der Waals surface area contributed by atoms with Gasteiger partial charge in [0.2, 0.25) is 0 Å². The number of oxazole rings is 1. The second kappa shape index (κ2) is 10.5. The number of amides is 2. The average molecular weight is 526 g/mol. The number of carbonyl (C=O) groups is 1. The number of carbonyl (C=O) groups excluding carboxylic acids is 1. The van der Waals surface area contributed by atoms with Gasteiger partial charge >= 0.3 is 6.03 Å². The summed E-state index contributed by atoms with van der Waals surface area (Å²) in [6.07, 6.45) is 3.10. The molecule has 0 spiro atoms. The van der Waals surface area contributed by atoms with Crippen molar-refractivity contribution in [2.75, 3.05) is 16.0 Å². The Labute approximate surface area is 226 Å². The molecule has 0 radical (unpaired) electrons. The minimum absolute atomic E-state index is 0.216. The van der Waals surface area contributed by atoms with E-state index in [4.69, 9.17) is 14.3 Å². The summed E-state index contributed by atoms with van der Waals surface area (Å²) in [5.41, 5.74) is 3.37. The fraction of sp³-hybridized carbons (Fsp3) is 0.241. The van der Waals surface area contributed by atoms with Crippen LogP contribution in [0.1, 0.15) is 40.3 Å². The van der Waals surface area contributed by atoms with Gasteiger partial charge in [-0.3, -0.25) is 5.32 Å². The Hall–Kier alpha value is -4.86. The number of hydrogen-bond donors (Lipinski definition) is 3. The molecule has 10 nitrogen and oxygen atoms in total. The highest BCUT2D eigenvalue weighted by molar-refractivity contribution is 5.99. The Kier molecular flexibility index (Phi) is 6.93. The number of fused-ring (bicyclic) bond motifs is 1. The molecule has 0 atom stereocenters. The van der Waals surface area contributed by atoms with Crippen molar-refractivity contribution in [1.82, 2.24) is 19.7 Å². The fourth-order valence-corrected chi connectivity index (χ4v) is 3.88. The molecule has 3 aromatic heterocycles. The van der Waals surface area contributed by atoms with E-state index in [-0.39, 0.29) is 11.5 Å². The number of pyridine rings is 1. The van der Waals surface area contributed by atoms with Gasteiger partial charge in [-0.2, -0.15) is 5.10 Å². The van der Waals surface area contributed by atoms with Crippen LogP contribution in [0.2, 0.25) is 0 Å². The Morgan fingerprint density at radius 1 is 0.949 bits per heavy atom. The lowest BCUT2D eigenvalue weighted by Gasteiger charge is -2.14. The van der Waals surface area contributed by atoms with E-state index in [0.717, 1.165) is 17.2 Å². The van der Waals surface area contributed by atoms with Crippen LogP contribution >= 0.6 is 0 Å². The first kappa shape index (κ1) is 25.8. The van der Waals surface area contributed by atoms with Gasteiger partial charge < -0.3 is 19.8 Å². The summed E-state index contributed by atoms with van der Waals surface area (Å²) in [5.74, 6) is 2.58. The van der Waals surface area contributed by atoms with Crippen LogP contribution in [-0.4, -0.2) is 31.8 Å². The van der Waals surface area contributed by atoms with Crippen molar-refractivity contribution in [2.45, 2.75) is 46.1 Å². The second-order valence-corrected chi connectivity index (χ2v) is 10.5. The van der Waals surface area contributed by atoms with Crippen LogP contribution < -0.4 is 20.7 Å².